The number of nitrogens with one attached hydrogen (secondary N) is 1. The maximum atomic E-state index is 10.9. The predicted octanol–water partition coefficient (Wildman–Crippen LogP) is 1.41. The number of aromatic carboxylic acids is 1. The van der Waals surface area contributed by atoms with Gasteiger partial charge in [-0.3, -0.25) is 0 Å². The molecule has 18 heavy (non-hydrogen) atoms. The lowest BCUT2D eigenvalue weighted by Gasteiger charge is -2.29. The van der Waals surface area contributed by atoms with E-state index in [0.29, 0.717) is 18.0 Å². The van der Waals surface area contributed by atoms with E-state index in [-0.39, 0.29) is 5.76 Å². The van der Waals surface area contributed by atoms with Crippen molar-refractivity contribution >= 4 is 5.97 Å². The van der Waals surface area contributed by atoms with Gasteiger partial charge in [0.1, 0.15) is 0 Å². The van der Waals surface area contributed by atoms with Crippen molar-refractivity contribution in [3.8, 4) is 0 Å². The second kappa shape index (κ2) is 6.02. The third kappa shape index (κ3) is 3.34. The first-order chi connectivity index (χ1) is 8.66. The normalized spacial score (nSPS) is 21.1. The van der Waals surface area contributed by atoms with Crippen LogP contribution in [0.1, 0.15) is 29.0 Å². The Morgan fingerprint density at radius 3 is 3.22 bits per heavy atom. The van der Waals surface area contributed by atoms with Crippen LogP contribution < -0.4 is 5.32 Å². The Morgan fingerprint density at radius 1 is 1.67 bits per heavy atom. The van der Waals surface area contributed by atoms with Gasteiger partial charge in [0, 0.05) is 18.7 Å². The molecule has 1 fully saturated rings. The Bertz CT molecular complexity index is 403. The topological polar surface area (TPSA) is 65.7 Å². The van der Waals surface area contributed by atoms with Crippen molar-refractivity contribution in [3.63, 3.8) is 0 Å². The van der Waals surface area contributed by atoms with Crippen molar-refractivity contribution in [2.75, 3.05) is 26.7 Å². The van der Waals surface area contributed by atoms with Gasteiger partial charge in [0.05, 0.1) is 6.26 Å². The summed E-state index contributed by atoms with van der Waals surface area (Å²) in [4.78, 5) is 13.2. The molecule has 0 amide bonds. The summed E-state index contributed by atoms with van der Waals surface area (Å²) in [6.45, 7) is 3.78. The van der Waals surface area contributed by atoms with Crippen molar-refractivity contribution in [1.82, 2.24) is 10.2 Å². The molecular weight excluding hydrogens is 232 g/mol. The molecule has 0 saturated carbocycles. The Labute approximate surface area is 107 Å². The fourth-order valence-electron chi connectivity index (χ4n) is 2.51. The standard InChI is InChI=1S/C13H20N2O3/c1-15-5-2-3-10(9-15)7-14-8-11-4-6-18-12(11)13(16)17/h4,6,10,14H,2-3,5,7-9H2,1H3,(H,16,17). The van der Waals surface area contributed by atoms with Gasteiger partial charge in [-0.2, -0.15) is 0 Å². The molecule has 1 aliphatic rings. The summed E-state index contributed by atoms with van der Waals surface area (Å²) in [6.07, 6.45) is 3.91. The molecule has 0 radical (unpaired) electrons. The smallest absolute Gasteiger partial charge is 0.372 e. The summed E-state index contributed by atoms with van der Waals surface area (Å²) in [5.74, 6) is -0.304. The molecule has 1 saturated heterocycles. The molecule has 2 heterocycles. The molecule has 1 aromatic rings. The molecule has 0 aliphatic carbocycles. The summed E-state index contributed by atoms with van der Waals surface area (Å²) in [5.41, 5.74) is 0.715. The van der Waals surface area contributed by atoms with Gasteiger partial charge in [-0.05, 0) is 45.0 Å². The van der Waals surface area contributed by atoms with Gasteiger partial charge >= 0.3 is 5.97 Å². The fraction of sp³-hybridized carbons (Fsp3) is 0.615. The van der Waals surface area contributed by atoms with Crippen LogP contribution in [0.25, 0.3) is 0 Å². The van der Waals surface area contributed by atoms with Crippen LogP contribution in [0.5, 0.6) is 0 Å². The minimum atomic E-state index is -1.01. The van der Waals surface area contributed by atoms with Crippen LogP contribution >= 0.6 is 0 Å². The first-order valence-corrected chi connectivity index (χ1v) is 6.35. The predicted molar refractivity (Wildman–Crippen MR) is 67.6 cm³/mol. The van der Waals surface area contributed by atoms with Gasteiger partial charge in [0.2, 0.25) is 5.76 Å². The van der Waals surface area contributed by atoms with Crippen LogP contribution in [0.4, 0.5) is 0 Å². The largest absolute Gasteiger partial charge is 0.475 e. The average molecular weight is 252 g/mol. The van der Waals surface area contributed by atoms with Crippen LogP contribution in [-0.2, 0) is 6.54 Å². The molecule has 1 aromatic heterocycles. The first-order valence-electron chi connectivity index (χ1n) is 6.35. The number of rotatable bonds is 5. The minimum Gasteiger partial charge on any atom is -0.475 e. The Morgan fingerprint density at radius 2 is 2.50 bits per heavy atom. The molecule has 0 aromatic carbocycles. The summed E-state index contributed by atoms with van der Waals surface area (Å²) < 4.78 is 4.94. The lowest BCUT2D eigenvalue weighted by atomic mass is 9.98. The van der Waals surface area contributed by atoms with Crippen LogP contribution in [0.15, 0.2) is 16.7 Å². The van der Waals surface area contributed by atoms with Crippen molar-refractivity contribution in [1.29, 1.82) is 0 Å². The van der Waals surface area contributed by atoms with Crippen molar-refractivity contribution in [2.24, 2.45) is 5.92 Å². The zero-order chi connectivity index (χ0) is 13.0. The van der Waals surface area contributed by atoms with E-state index in [4.69, 9.17) is 9.52 Å². The molecular formula is C13H20N2O3. The summed E-state index contributed by atoms with van der Waals surface area (Å²) in [7, 11) is 2.14. The Kier molecular flexibility index (Phi) is 4.38. The zero-order valence-electron chi connectivity index (χ0n) is 10.7. The molecule has 5 heteroatoms. The SMILES string of the molecule is CN1CCCC(CNCc2ccoc2C(=O)O)C1. The maximum Gasteiger partial charge on any atom is 0.372 e. The van der Waals surface area contributed by atoms with Gasteiger partial charge < -0.3 is 19.7 Å². The Hall–Kier alpha value is -1.33. The number of carbonyl (C=O) groups is 1. The molecule has 1 atom stereocenters. The molecule has 1 unspecified atom stereocenters. The molecule has 5 nitrogen and oxygen atoms in total. The van der Waals surface area contributed by atoms with Crippen LogP contribution in [0.3, 0.4) is 0 Å². The third-order valence-electron chi connectivity index (χ3n) is 3.41. The molecule has 2 rings (SSSR count). The fourth-order valence-corrected chi connectivity index (χ4v) is 2.51. The van der Waals surface area contributed by atoms with Crippen molar-refractivity contribution < 1.29 is 14.3 Å². The van der Waals surface area contributed by atoms with Crippen molar-refractivity contribution in [2.45, 2.75) is 19.4 Å². The lowest BCUT2D eigenvalue weighted by Crippen LogP contribution is -2.37. The van der Waals surface area contributed by atoms with Gasteiger partial charge in [0.25, 0.3) is 0 Å². The van der Waals surface area contributed by atoms with E-state index in [9.17, 15) is 4.79 Å². The number of hydrogen-bond acceptors (Lipinski definition) is 4. The monoisotopic (exact) mass is 252 g/mol. The molecule has 0 bridgehead atoms. The number of likely N-dealkylation sites (tertiary alicyclic amines) is 1. The lowest BCUT2D eigenvalue weighted by molar-refractivity contribution is 0.0660. The molecule has 0 spiro atoms. The van der Waals surface area contributed by atoms with E-state index in [1.54, 1.807) is 6.07 Å². The van der Waals surface area contributed by atoms with Gasteiger partial charge in [-0.25, -0.2) is 4.79 Å². The highest BCUT2D eigenvalue weighted by molar-refractivity contribution is 5.86. The number of carboxylic acids is 1. The summed E-state index contributed by atoms with van der Waals surface area (Å²) in [5, 5.41) is 12.2. The number of furan rings is 1. The third-order valence-corrected chi connectivity index (χ3v) is 3.41. The highest BCUT2D eigenvalue weighted by Crippen LogP contribution is 2.15. The molecule has 1 aliphatic heterocycles. The van der Waals surface area contributed by atoms with Gasteiger partial charge in [-0.1, -0.05) is 0 Å². The summed E-state index contributed by atoms with van der Waals surface area (Å²) in [6, 6.07) is 1.71. The average Bonchev–Trinajstić information content (AvgIpc) is 2.77. The zero-order valence-corrected chi connectivity index (χ0v) is 10.7. The number of hydrogen-bond donors (Lipinski definition) is 2. The summed E-state index contributed by atoms with van der Waals surface area (Å²) >= 11 is 0. The number of carboxylic acid groups (broad SMARTS) is 1. The van der Waals surface area contributed by atoms with Gasteiger partial charge in [-0.15, -0.1) is 0 Å². The second-order valence-corrected chi connectivity index (χ2v) is 4.98. The molecule has 100 valence electrons. The van der Waals surface area contributed by atoms with Gasteiger partial charge in [0.15, 0.2) is 0 Å². The van der Waals surface area contributed by atoms with Crippen LogP contribution in [0.2, 0.25) is 0 Å². The second-order valence-electron chi connectivity index (χ2n) is 4.98. The highest BCUT2D eigenvalue weighted by atomic mass is 16.4. The quantitative estimate of drug-likeness (QED) is 0.829. The van der Waals surface area contributed by atoms with E-state index in [0.717, 1.165) is 13.1 Å². The molecule has 2 N–H and O–H groups in total. The maximum absolute atomic E-state index is 10.9. The first kappa shape index (κ1) is 13.1. The van der Waals surface area contributed by atoms with E-state index in [1.807, 2.05) is 0 Å². The van der Waals surface area contributed by atoms with E-state index < -0.39 is 5.97 Å². The van der Waals surface area contributed by atoms with E-state index in [2.05, 4.69) is 17.3 Å². The number of piperidine rings is 1. The van der Waals surface area contributed by atoms with Crippen LogP contribution in [0, 0.1) is 5.92 Å². The van der Waals surface area contributed by atoms with Crippen LogP contribution in [-0.4, -0.2) is 42.7 Å². The van der Waals surface area contributed by atoms with E-state index >= 15 is 0 Å². The van der Waals surface area contributed by atoms with Crippen molar-refractivity contribution in [3.05, 3.63) is 23.7 Å². The minimum absolute atomic E-state index is 0.0447. The van der Waals surface area contributed by atoms with E-state index in [1.165, 1.54) is 25.6 Å². The number of nitrogens with zero attached hydrogens (tertiary/aromatic N) is 1. The highest BCUT2D eigenvalue weighted by Gasteiger charge is 2.17. The Balaban J connectivity index is 1.78.